The van der Waals surface area contributed by atoms with Gasteiger partial charge >= 0.3 is 12.1 Å². The third kappa shape index (κ3) is 8.12. The fourth-order valence-electron chi connectivity index (χ4n) is 2.96. The number of carbonyl (C=O) groups excluding carboxylic acids is 3. The minimum atomic E-state index is -1.18. The first-order valence-corrected chi connectivity index (χ1v) is 10.7. The van der Waals surface area contributed by atoms with E-state index in [9.17, 15) is 14.4 Å². The van der Waals surface area contributed by atoms with Crippen LogP contribution in [0.1, 0.15) is 43.6 Å². The van der Waals surface area contributed by atoms with Crippen molar-refractivity contribution >= 4 is 29.6 Å². The number of aliphatic imine (C=N–C) groups is 1. The highest BCUT2D eigenvalue weighted by Crippen LogP contribution is 2.17. The smallest absolute Gasteiger partial charge is 0.430 e. The molecule has 2 aromatic rings. The van der Waals surface area contributed by atoms with Gasteiger partial charge in [-0.25, -0.2) is 19.6 Å². The Kier molecular flexibility index (Phi) is 9.00. The van der Waals surface area contributed by atoms with E-state index >= 15 is 0 Å². The van der Waals surface area contributed by atoms with Crippen molar-refractivity contribution in [2.45, 2.75) is 45.8 Å². The number of nitrogens with zero attached hydrogens (tertiary/aromatic N) is 2. The summed E-state index contributed by atoms with van der Waals surface area (Å²) in [5.41, 5.74) is 13.7. The number of ether oxygens (including phenoxy) is 2. The summed E-state index contributed by atoms with van der Waals surface area (Å²) in [6.45, 7) is 6.80. The zero-order valence-corrected chi connectivity index (χ0v) is 19.8. The van der Waals surface area contributed by atoms with Gasteiger partial charge in [-0.3, -0.25) is 10.2 Å². The van der Waals surface area contributed by atoms with Gasteiger partial charge in [0.25, 0.3) is 5.91 Å². The molecule has 0 saturated carbocycles. The molecule has 10 nitrogen and oxygen atoms in total. The summed E-state index contributed by atoms with van der Waals surface area (Å²) in [6.07, 6.45) is -0.817. The van der Waals surface area contributed by atoms with Crippen LogP contribution < -0.4 is 16.9 Å². The molecule has 0 fully saturated rings. The SMILES string of the molecule is CCOC(=O)C(Cc1ccccc1)N(NC(=O)c1cccc(N=C(N)N)c1)C(=O)OC(C)(C)C. The summed E-state index contributed by atoms with van der Waals surface area (Å²) < 4.78 is 10.7. The third-order valence-electron chi connectivity index (χ3n) is 4.32. The van der Waals surface area contributed by atoms with Crippen LogP contribution in [0.4, 0.5) is 10.5 Å². The summed E-state index contributed by atoms with van der Waals surface area (Å²) in [6, 6.07) is 14.0. The van der Waals surface area contributed by atoms with Crippen molar-refractivity contribution in [2.75, 3.05) is 6.61 Å². The van der Waals surface area contributed by atoms with Gasteiger partial charge in [-0.15, -0.1) is 0 Å². The summed E-state index contributed by atoms with van der Waals surface area (Å²) in [4.78, 5) is 43.0. The molecular formula is C24H31N5O5. The molecule has 2 rings (SSSR count). The van der Waals surface area contributed by atoms with E-state index in [1.807, 2.05) is 18.2 Å². The van der Waals surface area contributed by atoms with Gasteiger partial charge in [0.15, 0.2) is 12.0 Å². The molecule has 10 heteroatoms. The van der Waals surface area contributed by atoms with E-state index in [2.05, 4.69) is 10.4 Å². The lowest BCUT2D eigenvalue weighted by Gasteiger charge is -2.32. The Morgan fingerprint density at radius 2 is 1.74 bits per heavy atom. The van der Waals surface area contributed by atoms with Crippen LogP contribution in [0.2, 0.25) is 0 Å². The van der Waals surface area contributed by atoms with Crippen molar-refractivity contribution in [1.82, 2.24) is 10.4 Å². The van der Waals surface area contributed by atoms with E-state index in [0.29, 0.717) is 5.69 Å². The van der Waals surface area contributed by atoms with E-state index in [4.69, 9.17) is 20.9 Å². The Balaban J connectivity index is 2.43. The highest BCUT2D eigenvalue weighted by molar-refractivity contribution is 5.96. The standard InChI is InChI=1S/C24H31N5O5/c1-5-33-21(31)19(14-16-10-7-6-8-11-16)29(23(32)34-24(2,3)4)28-20(30)17-12-9-13-18(15-17)27-22(25)26/h6-13,15,19H,5,14H2,1-4H3,(H,28,30)(H4,25,26,27). The largest absolute Gasteiger partial charge is 0.464 e. The summed E-state index contributed by atoms with van der Waals surface area (Å²) in [5.74, 6) is -1.52. The van der Waals surface area contributed by atoms with Gasteiger partial charge in [0, 0.05) is 12.0 Å². The van der Waals surface area contributed by atoms with Crippen molar-refractivity contribution in [3.8, 4) is 0 Å². The maximum Gasteiger partial charge on any atom is 0.430 e. The molecule has 0 aliphatic rings. The molecule has 0 bridgehead atoms. The zero-order valence-electron chi connectivity index (χ0n) is 19.8. The lowest BCUT2D eigenvalue weighted by molar-refractivity contribution is -0.150. The molecule has 0 aromatic heterocycles. The van der Waals surface area contributed by atoms with Crippen LogP contribution in [0.5, 0.6) is 0 Å². The van der Waals surface area contributed by atoms with Gasteiger partial charge in [-0.1, -0.05) is 36.4 Å². The molecular weight excluding hydrogens is 438 g/mol. The Labute approximate surface area is 198 Å². The normalized spacial score (nSPS) is 11.6. The second kappa shape index (κ2) is 11.7. The lowest BCUT2D eigenvalue weighted by atomic mass is 10.1. The number of amides is 2. The van der Waals surface area contributed by atoms with Gasteiger partial charge in [0.2, 0.25) is 0 Å². The Morgan fingerprint density at radius 1 is 1.06 bits per heavy atom. The average molecular weight is 470 g/mol. The molecule has 0 radical (unpaired) electrons. The van der Waals surface area contributed by atoms with Crippen LogP contribution in [-0.2, 0) is 20.7 Å². The Morgan fingerprint density at radius 3 is 2.32 bits per heavy atom. The predicted molar refractivity (Wildman–Crippen MR) is 128 cm³/mol. The van der Waals surface area contributed by atoms with Crippen LogP contribution in [-0.4, -0.2) is 47.2 Å². The molecule has 5 N–H and O–H groups in total. The second-order valence-electron chi connectivity index (χ2n) is 8.34. The highest BCUT2D eigenvalue weighted by atomic mass is 16.6. The zero-order chi connectivity index (χ0) is 25.3. The summed E-state index contributed by atoms with van der Waals surface area (Å²) >= 11 is 0. The Bertz CT molecular complexity index is 1030. The minimum Gasteiger partial charge on any atom is -0.464 e. The molecule has 0 heterocycles. The molecule has 34 heavy (non-hydrogen) atoms. The van der Waals surface area contributed by atoms with E-state index in [1.54, 1.807) is 52.0 Å². The predicted octanol–water partition coefficient (Wildman–Crippen LogP) is 2.65. The van der Waals surface area contributed by atoms with Gasteiger partial charge in [-0.05, 0) is 51.5 Å². The number of hydrogen-bond acceptors (Lipinski definition) is 6. The minimum absolute atomic E-state index is 0.0905. The molecule has 182 valence electrons. The number of nitrogens with one attached hydrogen (secondary N) is 1. The van der Waals surface area contributed by atoms with Crippen molar-refractivity contribution in [3.05, 3.63) is 65.7 Å². The monoisotopic (exact) mass is 469 g/mol. The molecule has 1 atom stereocenters. The third-order valence-corrected chi connectivity index (χ3v) is 4.32. The second-order valence-corrected chi connectivity index (χ2v) is 8.34. The lowest BCUT2D eigenvalue weighted by Crippen LogP contribution is -2.57. The van der Waals surface area contributed by atoms with E-state index < -0.39 is 29.6 Å². The van der Waals surface area contributed by atoms with E-state index in [0.717, 1.165) is 10.6 Å². The molecule has 0 aliphatic heterocycles. The topological polar surface area (TPSA) is 149 Å². The molecule has 0 spiro atoms. The first kappa shape index (κ1) is 26.2. The molecule has 2 aromatic carbocycles. The maximum atomic E-state index is 13.1. The first-order chi connectivity index (χ1) is 16.0. The van der Waals surface area contributed by atoms with Crippen LogP contribution in [0, 0.1) is 0 Å². The van der Waals surface area contributed by atoms with Crippen LogP contribution in [0.25, 0.3) is 0 Å². The fraction of sp³-hybridized carbons (Fsp3) is 0.333. The summed E-state index contributed by atoms with van der Waals surface area (Å²) in [7, 11) is 0. The molecule has 1 unspecified atom stereocenters. The van der Waals surface area contributed by atoms with Crippen LogP contribution in [0.3, 0.4) is 0 Å². The summed E-state index contributed by atoms with van der Waals surface area (Å²) in [5, 5.41) is 0.867. The van der Waals surface area contributed by atoms with Gasteiger partial charge in [0.1, 0.15) is 5.60 Å². The number of carbonyl (C=O) groups is 3. The number of benzene rings is 2. The Hall–Kier alpha value is -4.08. The number of rotatable bonds is 7. The molecule has 0 saturated heterocycles. The number of hydrazine groups is 1. The number of nitrogens with two attached hydrogens (primary N) is 2. The first-order valence-electron chi connectivity index (χ1n) is 10.7. The number of hydrogen-bond donors (Lipinski definition) is 3. The van der Waals surface area contributed by atoms with Crippen LogP contribution >= 0.6 is 0 Å². The molecule has 0 aliphatic carbocycles. The number of esters is 1. The molecule has 2 amide bonds. The fourth-order valence-corrected chi connectivity index (χ4v) is 2.96. The van der Waals surface area contributed by atoms with Crippen LogP contribution in [0.15, 0.2) is 59.6 Å². The quantitative estimate of drug-likeness (QED) is 0.244. The van der Waals surface area contributed by atoms with E-state index in [-0.39, 0.29) is 24.6 Å². The van der Waals surface area contributed by atoms with Crippen molar-refractivity contribution in [1.29, 1.82) is 0 Å². The van der Waals surface area contributed by atoms with Crippen molar-refractivity contribution in [3.63, 3.8) is 0 Å². The van der Waals surface area contributed by atoms with E-state index in [1.165, 1.54) is 12.1 Å². The van der Waals surface area contributed by atoms with Crippen molar-refractivity contribution in [2.24, 2.45) is 16.5 Å². The maximum absolute atomic E-state index is 13.1. The average Bonchev–Trinajstić information content (AvgIpc) is 2.75. The van der Waals surface area contributed by atoms with Gasteiger partial charge in [0.05, 0.1) is 12.3 Å². The van der Waals surface area contributed by atoms with Gasteiger partial charge in [-0.2, -0.15) is 0 Å². The van der Waals surface area contributed by atoms with Gasteiger partial charge < -0.3 is 20.9 Å². The van der Waals surface area contributed by atoms with Crippen molar-refractivity contribution < 1.29 is 23.9 Å². The highest BCUT2D eigenvalue weighted by Gasteiger charge is 2.36. The number of guanidine groups is 1.